The SMILES string of the molecule is C=C1Cc2oc(=O)cc(CCC(F)(F)F)c2C(=O)N1. The zero-order valence-corrected chi connectivity index (χ0v) is 9.76. The molecule has 102 valence electrons. The Kier molecular flexibility index (Phi) is 3.21. The molecule has 19 heavy (non-hydrogen) atoms. The van der Waals surface area contributed by atoms with Crippen molar-refractivity contribution in [3.05, 3.63) is 45.6 Å². The predicted molar refractivity (Wildman–Crippen MR) is 59.7 cm³/mol. The molecule has 0 saturated heterocycles. The van der Waals surface area contributed by atoms with Gasteiger partial charge in [0.15, 0.2) is 0 Å². The molecule has 0 spiro atoms. The molecular formula is C12H10F3NO3. The van der Waals surface area contributed by atoms with Gasteiger partial charge in [-0.05, 0) is 12.0 Å². The summed E-state index contributed by atoms with van der Waals surface area (Å²) >= 11 is 0. The zero-order chi connectivity index (χ0) is 14.2. The summed E-state index contributed by atoms with van der Waals surface area (Å²) in [4.78, 5) is 23.0. The van der Waals surface area contributed by atoms with Crippen molar-refractivity contribution < 1.29 is 22.4 Å². The van der Waals surface area contributed by atoms with Crippen LogP contribution in [0.2, 0.25) is 0 Å². The van der Waals surface area contributed by atoms with Crippen LogP contribution in [0.1, 0.15) is 28.1 Å². The van der Waals surface area contributed by atoms with Crippen molar-refractivity contribution in [3.8, 4) is 0 Å². The lowest BCUT2D eigenvalue weighted by Gasteiger charge is -2.19. The van der Waals surface area contributed by atoms with Gasteiger partial charge in [-0.1, -0.05) is 6.58 Å². The van der Waals surface area contributed by atoms with Gasteiger partial charge in [-0.3, -0.25) is 4.79 Å². The average molecular weight is 273 g/mol. The Balaban J connectivity index is 2.42. The van der Waals surface area contributed by atoms with Gasteiger partial charge in [-0.15, -0.1) is 0 Å². The van der Waals surface area contributed by atoms with Gasteiger partial charge in [0, 0.05) is 24.6 Å². The van der Waals surface area contributed by atoms with Crippen LogP contribution < -0.4 is 10.9 Å². The minimum absolute atomic E-state index is 0.0104. The first-order valence-electron chi connectivity index (χ1n) is 5.48. The first-order chi connectivity index (χ1) is 8.76. The smallest absolute Gasteiger partial charge is 0.389 e. The average Bonchev–Trinajstić information content (AvgIpc) is 2.23. The molecule has 0 radical (unpaired) electrons. The number of carbonyl (C=O) groups is 1. The second kappa shape index (κ2) is 4.56. The Labute approximate surface area is 105 Å². The highest BCUT2D eigenvalue weighted by atomic mass is 19.4. The molecule has 2 rings (SSSR count). The molecule has 1 aliphatic heterocycles. The molecule has 0 bridgehead atoms. The van der Waals surface area contributed by atoms with E-state index in [-0.39, 0.29) is 23.3 Å². The quantitative estimate of drug-likeness (QED) is 0.895. The van der Waals surface area contributed by atoms with E-state index in [1.165, 1.54) is 0 Å². The first kappa shape index (κ1) is 13.4. The third-order valence-electron chi connectivity index (χ3n) is 2.68. The monoisotopic (exact) mass is 273 g/mol. The summed E-state index contributed by atoms with van der Waals surface area (Å²) in [6.45, 7) is 3.53. The molecular weight excluding hydrogens is 263 g/mol. The Bertz CT molecular complexity index is 601. The fraction of sp³-hybridized carbons (Fsp3) is 0.333. The predicted octanol–water partition coefficient (Wildman–Crippen LogP) is 1.93. The number of carbonyl (C=O) groups excluding carboxylic acids is 1. The van der Waals surface area contributed by atoms with Gasteiger partial charge in [0.05, 0.1) is 5.56 Å². The number of amides is 1. The number of rotatable bonds is 2. The van der Waals surface area contributed by atoms with Gasteiger partial charge in [-0.2, -0.15) is 13.2 Å². The summed E-state index contributed by atoms with van der Waals surface area (Å²) in [5.41, 5.74) is -0.364. The van der Waals surface area contributed by atoms with E-state index in [9.17, 15) is 22.8 Å². The fourth-order valence-electron chi connectivity index (χ4n) is 1.93. The summed E-state index contributed by atoms with van der Waals surface area (Å²) < 4.78 is 41.5. The number of hydrogen-bond donors (Lipinski definition) is 1. The van der Waals surface area contributed by atoms with Gasteiger partial charge in [0.1, 0.15) is 5.76 Å². The number of aryl methyl sites for hydroxylation is 1. The van der Waals surface area contributed by atoms with Gasteiger partial charge in [0.2, 0.25) is 0 Å². The molecule has 1 aromatic rings. The minimum atomic E-state index is -4.35. The van der Waals surface area contributed by atoms with Crippen LogP contribution >= 0.6 is 0 Å². The Morgan fingerprint density at radius 2 is 2.05 bits per heavy atom. The number of hydrogen-bond acceptors (Lipinski definition) is 3. The normalized spacial score (nSPS) is 15.1. The zero-order valence-electron chi connectivity index (χ0n) is 9.76. The largest absolute Gasteiger partial charge is 0.427 e. The van der Waals surface area contributed by atoms with Crippen LogP contribution in [-0.2, 0) is 12.8 Å². The van der Waals surface area contributed by atoms with Gasteiger partial charge in [-0.25, -0.2) is 4.79 Å². The van der Waals surface area contributed by atoms with Crippen LogP contribution in [0.15, 0.2) is 27.6 Å². The summed E-state index contributed by atoms with van der Waals surface area (Å²) in [7, 11) is 0. The van der Waals surface area contributed by atoms with Gasteiger partial charge < -0.3 is 9.73 Å². The molecule has 0 unspecified atom stereocenters. The van der Waals surface area contributed by atoms with Crippen molar-refractivity contribution >= 4 is 5.91 Å². The van der Waals surface area contributed by atoms with E-state index >= 15 is 0 Å². The number of alkyl halides is 3. The van der Waals surface area contributed by atoms with E-state index in [0.29, 0.717) is 5.70 Å². The second-order valence-corrected chi connectivity index (χ2v) is 4.24. The molecule has 0 fully saturated rings. The molecule has 0 saturated carbocycles. The molecule has 0 aliphatic carbocycles. The number of nitrogens with one attached hydrogen (secondary N) is 1. The lowest BCUT2D eigenvalue weighted by molar-refractivity contribution is -0.134. The van der Waals surface area contributed by atoms with Crippen LogP contribution in [0, 0.1) is 0 Å². The molecule has 0 aromatic carbocycles. The summed E-state index contributed by atoms with van der Waals surface area (Å²) in [6.07, 6.45) is -5.78. The molecule has 0 atom stereocenters. The van der Waals surface area contributed by atoms with Crippen LogP contribution in [0.5, 0.6) is 0 Å². The van der Waals surface area contributed by atoms with Crippen LogP contribution in [0.3, 0.4) is 0 Å². The van der Waals surface area contributed by atoms with Crippen molar-refractivity contribution in [1.29, 1.82) is 0 Å². The lowest BCUT2D eigenvalue weighted by Crippen LogP contribution is -2.32. The number of allylic oxidation sites excluding steroid dienone is 1. The first-order valence-corrected chi connectivity index (χ1v) is 5.48. The summed E-state index contributed by atoms with van der Waals surface area (Å²) in [5.74, 6) is -0.523. The third-order valence-corrected chi connectivity index (χ3v) is 2.68. The highest BCUT2D eigenvalue weighted by Gasteiger charge is 2.30. The molecule has 2 heterocycles. The van der Waals surface area contributed by atoms with Crippen LogP contribution in [0.25, 0.3) is 0 Å². The van der Waals surface area contributed by atoms with E-state index in [4.69, 9.17) is 4.42 Å². The molecule has 1 aliphatic rings. The van der Waals surface area contributed by atoms with Crippen LogP contribution in [0.4, 0.5) is 13.2 Å². The maximum atomic E-state index is 12.2. The van der Waals surface area contributed by atoms with Crippen molar-refractivity contribution in [3.63, 3.8) is 0 Å². The van der Waals surface area contributed by atoms with E-state index < -0.39 is 30.6 Å². The molecule has 7 heteroatoms. The second-order valence-electron chi connectivity index (χ2n) is 4.24. The highest BCUT2D eigenvalue weighted by Crippen LogP contribution is 2.26. The van der Waals surface area contributed by atoms with E-state index in [1.54, 1.807) is 0 Å². The number of fused-ring (bicyclic) bond motifs is 1. The standard InChI is InChI=1S/C12H10F3NO3/c1-6-4-8-10(11(18)16-6)7(5-9(17)19-8)2-3-12(13,14)15/h5H,1-4H2,(H,16,18). The minimum Gasteiger partial charge on any atom is -0.427 e. The lowest BCUT2D eigenvalue weighted by atomic mass is 9.97. The third kappa shape index (κ3) is 3.04. The summed E-state index contributed by atoms with van der Waals surface area (Å²) in [6, 6.07) is 0.929. The van der Waals surface area contributed by atoms with E-state index in [2.05, 4.69) is 11.9 Å². The van der Waals surface area contributed by atoms with Crippen LogP contribution in [-0.4, -0.2) is 12.1 Å². The van der Waals surface area contributed by atoms with Crippen molar-refractivity contribution in [2.75, 3.05) is 0 Å². The molecule has 4 nitrogen and oxygen atoms in total. The summed E-state index contributed by atoms with van der Waals surface area (Å²) in [5, 5.41) is 2.42. The van der Waals surface area contributed by atoms with Gasteiger partial charge in [0.25, 0.3) is 5.91 Å². The Hall–Kier alpha value is -2.05. The van der Waals surface area contributed by atoms with Crippen molar-refractivity contribution in [2.24, 2.45) is 0 Å². The maximum absolute atomic E-state index is 12.2. The van der Waals surface area contributed by atoms with E-state index in [1.807, 2.05) is 0 Å². The maximum Gasteiger partial charge on any atom is 0.389 e. The van der Waals surface area contributed by atoms with E-state index in [0.717, 1.165) is 6.07 Å². The molecule has 1 amide bonds. The highest BCUT2D eigenvalue weighted by molar-refractivity contribution is 5.98. The molecule has 1 aromatic heterocycles. The fourth-order valence-corrected chi connectivity index (χ4v) is 1.93. The van der Waals surface area contributed by atoms with Gasteiger partial charge >= 0.3 is 11.8 Å². The van der Waals surface area contributed by atoms with Crippen molar-refractivity contribution in [2.45, 2.75) is 25.4 Å². The number of halogens is 3. The van der Waals surface area contributed by atoms with Crippen molar-refractivity contribution in [1.82, 2.24) is 5.32 Å². The molecule has 1 N–H and O–H groups in total. The topological polar surface area (TPSA) is 59.3 Å². The Morgan fingerprint density at radius 1 is 1.37 bits per heavy atom. The Morgan fingerprint density at radius 3 is 2.68 bits per heavy atom.